The molecule has 0 amide bonds. The minimum atomic E-state index is -0.982. The average Bonchev–Trinajstić information content (AvgIpc) is 2.46. The summed E-state index contributed by atoms with van der Waals surface area (Å²) in [5, 5.41) is 17.6. The second-order valence-corrected chi connectivity index (χ2v) is 4.90. The van der Waals surface area contributed by atoms with Crippen LogP contribution in [0.25, 0.3) is 0 Å². The van der Waals surface area contributed by atoms with Crippen molar-refractivity contribution in [2.45, 2.75) is 6.61 Å². The van der Waals surface area contributed by atoms with Crippen LogP contribution in [0.3, 0.4) is 0 Å². The molecule has 2 aromatic rings. The molecule has 5 heteroatoms. The molecule has 0 aromatic heterocycles. The van der Waals surface area contributed by atoms with Gasteiger partial charge in [-0.1, -0.05) is 12.1 Å². The number of hydrogen-bond acceptors (Lipinski definition) is 3. The van der Waals surface area contributed by atoms with Crippen molar-refractivity contribution in [2.75, 3.05) is 0 Å². The van der Waals surface area contributed by atoms with Gasteiger partial charge in [0.1, 0.15) is 12.4 Å². The van der Waals surface area contributed by atoms with E-state index in [-0.39, 0.29) is 5.56 Å². The molecule has 0 bridgehead atoms. The first-order valence-corrected chi connectivity index (χ1v) is 6.54. The molecular weight excluding hydrogens is 322 g/mol. The van der Waals surface area contributed by atoms with Crippen LogP contribution in [-0.4, -0.2) is 11.1 Å². The highest BCUT2D eigenvalue weighted by molar-refractivity contribution is 9.10. The lowest BCUT2D eigenvalue weighted by molar-refractivity contribution is 0.0696. The normalized spacial score (nSPS) is 9.80. The van der Waals surface area contributed by atoms with Crippen LogP contribution in [0.5, 0.6) is 5.75 Å². The lowest BCUT2D eigenvalue weighted by atomic mass is 10.1. The highest BCUT2D eigenvalue weighted by Crippen LogP contribution is 2.26. The number of aromatic carboxylic acids is 1. The van der Waals surface area contributed by atoms with Gasteiger partial charge in [0.2, 0.25) is 0 Å². The van der Waals surface area contributed by atoms with Gasteiger partial charge in [-0.15, -0.1) is 0 Å². The molecular formula is C15H10BrNO3. The van der Waals surface area contributed by atoms with Crippen LogP contribution < -0.4 is 4.74 Å². The maximum absolute atomic E-state index is 10.8. The molecule has 0 heterocycles. The van der Waals surface area contributed by atoms with Gasteiger partial charge in [0.25, 0.3) is 0 Å². The number of ether oxygens (including phenoxy) is 1. The second-order valence-electron chi connectivity index (χ2n) is 4.05. The highest BCUT2D eigenvalue weighted by atomic mass is 79.9. The van der Waals surface area contributed by atoms with Gasteiger partial charge < -0.3 is 9.84 Å². The summed E-state index contributed by atoms with van der Waals surface area (Å²) in [5.41, 5.74) is 1.72. The average molecular weight is 332 g/mol. The van der Waals surface area contributed by atoms with Gasteiger partial charge in [0, 0.05) is 0 Å². The third kappa shape index (κ3) is 3.37. The molecule has 0 radical (unpaired) electrons. The third-order valence-electron chi connectivity index (χ3n) is 2.66. The van der Waals surface area contributed by atoms with E-state index >= 15 is 0 Å². The number of hydrogen-bond donors (Lipinski definition) is 1. The summed E-state index contributed by atoms with van der Waals surface area (Å²) in [7, 11) is 0. The number of benzene rings is 2. The first kappa shape index (κ1) is 14.1. The standard InChI is InChI=1S/C15H10BrNO3/c16-13-7-12(15(18)19)5-6-14(13)20-9-11-3-1-10(8-17)2-4-11/h1-7H,9H2,(H,18,19). The number of rotatable bonds is 4. The molecule has 4 nitrogen and oxygen atoms in total. The fourth-order valence-electron chi connectivity index (χ4n) is 1.59. The summed E-state index contributed by atoms with van der Waals surface area (Å²) in [6, 6.07) is 13.7. The van der Waals surface area contributed by atoms with Crippen molar-refractivity contribution in [3.05, 3.63) is 63.6 Å². The van der Waals surface area contributed by atoms with E-state index in [9.17, 15) is 4.79 Å². The predicted molar refractivity (Wildman–Crippen MR) is 76.6 cm³/mol. The Balaban J connectivity index is 2.07. The van der Waals surface area contributed by atoms with Crippen molar-refractivity contribution in [1.29, 1.82) is 5.26 Å². The molecule has 0 atom stereocenters. The van der Waals surface area contributed by atoms with Gasteiger partial charge in [-0.3, -0.25) is 0 Å². The predicted octanol–water partition coefficient (Wildman–Crippen LogP) is 3.60. The maximum Gasteiger partial charge on any atom is 0.335 e. The second kappa shape index (κ2) is 6.22. The molecule has 0 aliphatic carbocycles. The summed E-state index contributed by atoms with van der Waals surface area (Å²) in [4.78, 5) is 10.8. The zero-order valence-electron chi connectivity index (χ0n) is 10.3. The molecule has 1 N–H and O–H groups in total. The number of carboxylic acids is 1. The van der Waals surface area contributed by atoms with Crippen molar-refractivity contribution in [3.63, 3.8) is 0 Å². The monoisotopic (exact) mass is 331 g/mol. The van der Waals surface area contributed by atoms with Gasteiger partial charge in [-0.05, 0) is 51.8 Å². The number of carbonyl (C=O) groups is 1. The molecule has 0 aliphatic rings. The quantitative estimate of drug-likeness (QED) is 0.929. The van der Waals surface area contributed by atoms with Gasteiger partial charge in [0.15, 0.2) is 0 Å². The van der Waals surface area contributed by atoms with Crippen LogP contribution in [-0.2, 0) is 6.61 Å². The fourth-order valence-corrected chi connectivity index (χ4v) is 2.08. The van der Waals surface area contributed by atoms with E-state index < -0.39 is 5.97 Å². The van der Waals surface area contributed by atoms with Crippen molar-refractivity contribution < 1.29 is 14.6 Å². The first-order valence-electron chi connectivity index (χ1n) is 5.75. The molecule has 2 rings (SSSR count). The Bertz CT molecular complexity index is 675. The number of halogens is 1. The van der Waals surface area contributed by atoms with Gasteiger partial charge in [0.05, 0.1) is 21.7 Å². The molecule has 0 fully saturated rings. The molecule has 2 aromatic carbocycles. The van der Waals surface area contributed by atoms with Crippen LogP contribution in [0.4, 0.5) is 0 Å². The molecule has 0 saturated heterocycles. The van der Waals surface area contributed by atoms with Crippen LogP contribution in [0, 0.1) is 11.3 Å². The molecule has 0 saturated carbocycles. The zero-order valence-corrected chi connectivity index (χ0v) is 11.9. The van der Waals surface area contributed by atoms with Crippen LogP contribution in [0.1, 0.15) is 21.5 Å². The van der Waals surface area contributed by atoms with E-state index in [4.69, 9.17) is 15.1 Å². The van der Waals surface area contributed by atoms with Gasteiger partial charge in [-0.25, -0.2) is 4.79 Å². The highest BCUT2D eigenvalue weighted by Gasteiger charge is 2.07. The molecule has 100 valence electrons. The van der Waals surface area contributed by atoms with E-state index in [1.807, 2.05) is 18.2 Å². The SMILES string of the molecule is N#Cc1ccc(COc2ccc(C(=O)O)cc2Br)cc1. The van der Waals surface area contributed by atoms with E-state index in [2.05, 4.69) is 15.9 Å². The summed E-state index contributed by atoms with van der Waals surface area (Å²) < 4.78 is 6.20. The van der Waals surface area contributed by atoms with Crippen molar-refractivity contribution in [2.24, 2.45) is 0 Å². The summed E-state index contributed by atoms with van der Waals surface area (Å²) in [6.07, 6.45) is 0. The summed E-state index contributed by atoms with van der Waals surface area (Å²) in [6.45, 7) is 0.344. The molecule has 0 aliphatic heterocycles. The Morgan fingerprint density at radius 1 is 1.25 bits per heavy atom. The van der Waals surface area contributed by atoms with Crippen LogP contribution in [0.15, 0.2) is 46.9 Å². The van der Waals surface area contributed by atoms with Crippen molar-refractivity contribution in [1.82, 2.24) is 0 Å². The largest absolute Gasteiger partial charge is 0.488 e. The summed E-state index contributed by atoms with van der Waals surface area (Å²) >= 11 is 3.28. The first-order chi connectivity index (χ1) is 9.60. The molecule has 20 heavy (non-hydrogen) atoms. The third-order valence-corrected chi connectivity index (χ3v) is 3.28. The number of carboxylic acid groups (broad SMARTS) is 1. The summed E-state index contributed by atoms with van der Waals surface area (Å²) in [5.74, 6) is -0.413. The minimum absolute atomic E-state index is 0.197. The van der Waals surface area contributed by atoms with Gasteiger partial charge in [-0.2, -0.15) is 5.26 Å². The number of nitriles is 1. The Labute approximate surface area is 124 Å². The lowest BCUT2D eigenvalue weighted by Crippen LogP contribution is -1.99. The topological polar surface area (TPSA) is 70.3 Å². The van der Waals surface area contributed by atoms with E-state index in [1.54, 1.807) is 18.2 Å². The van der Waals surface area contributed by atoms with Gasteiger partial charge >= 0.3 is 5.97 Å². The zero-order chi connectivity index (χ0) is 14.5. The minimum Gasteiger partial charge on any atom is -0.488 e. The number of nitrogens with zero attached hydrogens (tertiary/aromatic N) is 1. The smallest absolute Gasteiger partial charge is 0.335 e. The van der Waals surface area contributed by atoms with Crippen molar-refractivity contribution in [3.8, 4) is 11.8 Å². The Kier molecular flexibility index (Phi) is 4.38. The van der Waals surface area contributed by atoms with Crippen LogP contribution >= 0.6 is 15.9 Å². The lowest BCUT2D eigenvalue weighted by Gasteiger charge is -2.09. The maximum atomic E-state index is 10.8. The van der Waals surface area contributed by atoms with E-state index in [0.717, 1.165) is 5.56 Å². The molecule has 0 spiro atoms. The van der Waals surface area contributed by atoms with Crippen molar-refractivity contribution >= 4 is 21.9 Å². The Morgan fingerprint density at radius 2 is 1.95 bits per heavy atom. The van der Waals surface area contributed by atoms with Crippen LogP contribution in [0.2, 0.25) is 0 Å². The fraction of sp³-hybridized carbons (Fsp3) is 0.0667. The Hall–Kier alpha value is -2.32. The Morgan fingerprint density at radius 3 is 2.50 bits per heavy atom. The van der Waals surface area contributed by atoms with E-state index in [0.29, 0.717) is 22.4 Å². The van der Waals surface area contributed by atoms with E-state index in [1.165, 1.54) is 12.1 Å². The molecule has 0 unspecified atom stereocenters.